The van der Waals surface area contributed by atoms with Gasteiger partial charge in [-0.25, -0.2) is 4.79 Å². The number of rotatable bonds is 7. The molecular formula is C26H18Cl2I2N2O6. The van der Waals surface area contributed by atoms with Gasteiger partial charge in [0, 0.05) is 46.8 Å². The fourth-order valence-electron chi connectivity index (χ4n) is 3.98. The van der Waals surface area contributed by atoms with Crippen molar-refractivity contribution in [2.75, 3.05) is 0 Å². The lowest BCUT2D eigenvalue weighted by molar-refractivity contribution is -0.384. The number of halogens is 4. The number of carbonyl (C=O) groups is 2. The highest BCUT2D eigenvalue weighted by atomic mass is 127. The Labute approximate surface area is 255 Å². The van der Waals surface area contributed by atoms with Crippen LogP contribution in [0.5, 0.6) is 5.75 Å². The van der Waals surface area contributed by atoms with E-state index in [1.54, 1.807) is 18.2 Å². The largest absolute Gasteiger partial charge is 0.487 e. The Morgan fingerprint density at radius 1 is 1.16 bits per heavy atom. The van der Waals surface area contributed by atoms with Crippen molar-refractivity contribution < 1.29 is 24.4 Å². The number of aliphatic carboxylic acids is 1. The molecule has 0 aliphatic carbocycles. The Bertz CT molecular complexity index is 1460. The summed E-state index contributed by atoms with van der Waals surface area (Å²) in [5, 5.41) is 21.7. The molecule has 0 aromatic heterocycles. The highest BCUT2D eigenvalue weighted by Gasteiger charge is 2.36. The van der Waals surface area contributed by atoms with Crippen LogP contribution in [0.25, 0.3) is 6.08 Å². The van der Waals surface area contributed by atoms with Gasteiger partial charge in [0.1, 0.15) is 18.4 Å². The quantitative estimate of drug-likeness (QED) is 0.123. The minimum absolute atomic E-state index is 0.0624. The van der Waals surface area contributed by atoms with E-state index in [2.05, 4.69) is 45.2 Å². The number of nitro benzene ring substituents is 1. The highest BCUT2D eigenvalue weighted by Crippen LogP contribution is 2.38. The molecule has 3 aromatic carbocycles. The normalized spacial score (nSPS) is 14.8. The SMILES string of the molecule is O=C(O)[C@@H]1Cc2cc(I)c(OCc3ccc(Cl)cc3Cl)c(I)c2CN1C(=O)/C=C/c1ccc([N+](=O)[O-])cc1. The minimum atomic E-state index is -1.10. The number of carboxylic acid groups (broad SMARTS) is 1. The van der Waals surface area contributed by atoms with Crippen molar-refractivity contribution in [3.05, 3.63) is 104 Å². The number of hydrogen-bond donors (Lipinski definition) is 1. The third kappa shape index (κ3) is 6.41. The van der Waals surface area contributed by atoms with E-state index in [9.17, 15) is 24.8 Å². The number of ether oxygens (including phenoxy) is 1. The molecule has 0 radical (unpaired) electrons. The van der Waals surface area contributed by atoms with Gasteiger partial charge >= 0.3 is 5.97 Å². The summed E-state index contributed by atoms with van der Waals surface area (Å²) in [7, 11) is 0. The van der Waals surface area contributed by atoms with Crippen LogP contribution in [0.2, 0.25) is 10.0 Å². The van der Waals surface area contributed by atoms with Crippen molar-refractivity contribution in [3.8, 4) is 5.75 Å². The van der Waals surface area contributed by atoms with Gasteiger partial charge in [0.05, 0.1) is 12.1 Å². The second kappa shape index (κ2) is 12.2. The number of hydrogen-bond acceptors (Lipinski definition) is 5. The molecule has 38 heavy (non-hydrogen) atoms. The Balaban J connectivity index is 1.58. The zero-order valence-electron chi connectivity index (χ0n) is 19.4. The minimum Gasteiger partial charge on any atom is -0.487 e. The van der Waals surface area contributed by atoms with Gasteiger partial charge in [-0.3, -0.25) is 14.9 Å². The molecule has 0 spiro atoms. The molecule has 1 aliphatic rings. The van der Waals surface area contributed by atoms with Crippen LogP contribution in [0.4, 0.5) is 5.69 Å². The first kappa shape index (κ1) is 28.6. The van der Waals surface area contributed by atoms with Crippen LogP contribution in [-0.2, 0) is 29.2 Å². The van der Waals surface area contributed by atoms with Gasteiger partial charge in [-0.05, 0) is 98.3 Å². The van der Waals surface area contributed by atoms with Gasteiger partial charge in [-0.2, -0.15) is 0 Å². The van der Waals surface area contributed by atoms with Crippen molar-refractivity contribution in [3.63, 3.8) is 0 Å². The summed E-state index contributed by atoms with van der Waals surface area (Å²) in [6.07, 6.45) is 2.93. The molecule has 1 amide bonds. The molecule has 1 atom stereocenters. The number of amides is 1. The summed E-state index contributed by atoms with van der Waals surface area (Å²) < 4.78 is 7.72. The van der Waals surface area contributed by atoms with E-state index < -0.39 is 22.8 Å². The summed E-state index contributed by atoms with van der Waals surface area (Å²) in [5.74, 6) is -0.958. The van der Waals surface area contributed by atoms with Gasteiger partial charge in [0.15, 0.2) is 0 Å². The highest BCUT2D eigenvalue weighted by molar-refractivity contribution is 14.1. The molecular weight excluding hydrogens is 761 g/mol. The lowest BCUT2D eigenvalue weighted by Crippen LogP contribution is -2.48. The predicted octanol–water partition coefficient (Wildman–Crippen LogP) is 6.74. The maximum absolute atomic E-state index is 13.1. The fraction of sp³-hybridized carbons (Fsp3) is 0.154. The van der Waals surface area contributed by atoms with Crippen LogP contribution in [0, 0.1) is 17.3 Å². The number of nitrogens with zero attached hydrogens (tertiary/aromatic N) is 2. The molecule has 0 bridgehead atoms. The molecule has 196 valence electrons. The molecule has 3 aromatic rings. The molecule has 1 heterocycles. The Morgan fingerprint density at radius 3 is 2.50 bits per heavy atom. The molecule has 1 aliphatic heterocycles. The Kier molecular flexibility index (Phi) is 9.16. The number of benzene rings is 3. The van der Waals surface area contributed by atoms with Crippen LogP contribution in [-0.4, -0.2) is 32.8 Å². The van der Waals surface area contributed by atoms with Crippen molar-refractivity contribution >= 4 is 92.0 Å². The summed E-state index contributed by atoms with van der Waals surface area (Å²) in [4.78, 5) is 36.8. The van der Waals surface area contributed by atoms with E-state index in [1.165, 1.54) is 41.3 Å². The summed E-state index contributed by atoms with van der Waals surface area (Å²) in [6, 6.07) is 11.7. The first-order chi connectivity index (χ1) is 18.0. The number of carboxylic acids is 1. The monoisotopic (exact) mass is 778 g/mol. The zero-order valence-corrected chi connectivity index (χ0v) is 25.2. The molecule has 1 N–H and O–H groups in total. The average Bonchev–Trinajstić information content (AvgIpc) is 2.87. The van der Waals surface area contributed by atoms with E-state index in [-0.39, 0.29) is 25.3 Å². The van der Waals surface area contributed by atoms with Crippen LogP contribution >= 0.6 is 68.4 Å². The first-order valence-electron chi connectivity index (χ1n) is 11.1. The lowest BCUT2D eigenvalue weighted by atomic mass is 9.93. The van der Waals surface area contributed by atoms with Crippen LogP contribution in [0.15, 0.2) is 54.6 Å². The van der Waals surface area contributed by atoms with Crippen molar-refractivity contribution in [1.29, 1.82) is 0 Å². The van der Waals surface area contributed by atoms with Gasteiger partial charge in [0.25, 0.3) is 5.69 Å². The maximum Gasteiger partial charge on any atom is 0.326 e. The first-order valence-corrected chi connectivity index (χ1v) is 14.0. The summed E-state index contributed by atoms with van der Waals surface area (Å²) in [6.45, 7) is 0.294. The van der Waals surface area contributed by atoms with E-state index in [0.717, 1.165) is 23.8 Å². The summed E-state index contributed by atoms with van der Waals surface area (Å²) >= 11 is 16.6. The third-order valence-corrected chi connectivity index (χ3v) is 8.49. The number of carbonyl (C=O) groups excluding carboxylic acids is 1. The van der Waals surface area contributed by atoms with E-state index in [4.69, 9.17) is 27.9 Å². The molecule has 12 heteroatoms. The van der Waals surface area contributed by atoms with Crippen molar-refractivity contribution in [1.82, 2.24) is 4.90 Å². The summed E-state index contributed by atoms with van der Waals surface area (Å²) in [5.41, 5.74) is 2.94. The molecule has 0 fully saturated rings. The molecule has 0 saturated heterocycles. The van der Waals surface area contributed by atoms with Gasteiger partial charge in [-0.15, -0.1) is 0 Å². The molecule has 4 rings (SSSR count). The number of non-ortho nitro benzene ring substituents is 1. The average molecular weight is 779 g/mol. The van der Waals surface area contributed by atoms with Gasteiger partial charge in [-0.1, -0.05) is 29.3 Å². The van der Waals surface area contributed by atoms with E-state index in [0.29, 0.717) is 21.4 Å². The van der Waals surface area contributed by atoms with Crippen LogP contribution in [0.1, 0.15) is 22.3 Å². The van der Waals surface area contributed by atoms with E-state index in [1.807, 2.05) is 6.07 Å². The number of fused-ring (bicyclic) bond motifs is 1. The number of nitro groups is 1. The lowest BCUT2D eigenvalue weighted by Gasteiger charge is -2.35. The van der Waals surface area contributed by atoms with Crippen LogP contribution in [0.3, 0.4) is 0 Å². The zero-order chi connectivity index (χ0) is 27.6. The van der Waals surface area contributed by atoms with E-state index >= 15 is 0 Å². The van der Waals surface area contributed by atoms with Crippen molar-refractivity contribution in [2.45, 2.75) is 25.6 Å². The van der Waals surface area contributed by atoms with Gasteiger partial charge < -0.3 is 14.7 Å². The van der Waals surface area contributed by atoms with Gasteiger partial charge in [0.2, 0.25) is 5.91 Å². The standard InChI is InChI=1S/C26H18Cl2I2N2O6/c27-17-5-4-15(20(28)11-17)13-38-25-21(29)9-16-10-22(26(34)35)31(12-19(16)24(25)30)23(33)8-3-14-1-6-18(7-2-14)32(36)37/h1-9,11,22H,10,12-13H2,(H,34,35)/b8-3+/t22-/m0/s1. The molecule has 0 saturated carbocycles. The topological polar surface area (TPSA) is 110 Å². The second-order valence-corrected chi connectivity index (χ2v) is 11.5. The van der Waals surface area contributed by atoms with Crippen molar-refractivity contribution in [2.24, 2.45) is 0 Å². The van der Waals surface area contributed by atoms with Crippen LogP contribution < -0.4 is 4.74 Å². The Morgan fingerprint density at radius 2 is 1.87 bits per heavy atom. The smallest absolute Gasteiger partial charge is 0.326 e. The second-order valence-electron chi connectivity index (χ2n) is 8.37. The fourth-order valence-corrected chi connectivity index (χ4v) is 6.73. The molecule has 8 nitrogen and oxygen atoms in total. The maximum atomic E-state index is 13.1. The molecule has 0 unspecified atom stereocenters. The Hall–Kier alpha value is -2.42. The third-order valence-electron chi connectivity index (χ3n) is 5.97. The predicted molar refractivity (Wildman–Crippen MR) is 160 cm³/mol.